The highest BCUT2D eigenvalue weighted by Gasteiger charge is 2.25. The largest absolute Gasteiger partial charge is 0.481 e. The summed E-state index contributed by atoms with van der Waals surface area (Å²) in [5.74, 6) is -1.11. The zero-order chi connectivity index (χ0) is 39.2. The van der Waals surface area contributed by atoms with Crippen LogP contribution in [0.2, 0.25) is 0 Å². The summed E-state index contributed by atoms with van der Waals surface area (Å²) in [6.07, 6.45) is -0.0371. The fraction of sp³-hybridized carbons (Fsp3) is 0.250. The first kappa shape index (κ1) is 42.6. The van der Waals surface area contributed by atoms with Crippen molar-refractivity contribution < 1.29 is 54.0 Å². The number of nitrogens with zero attached hydrogens (tertiary/aromatic N) is 4. The Morgan fingerprint density at radius 2 is 0.962 bits per heavy atom. The fourth-order valence-electron chi connectivity index (χ4n) is 4.31. The van der Waals surface area contributed by atoms with Crippen molar-refractivity contribution in [2.24, 2.45) is 16.0 Å². The summed E-state index contributed by atoms with van der Waals surface area (Å²) in [5, 5.41) is 43.8. The molecule has 0 atom stereocenters. The minimum absolute atomic E-state index is 0.0422. The third-order valence-corrected chi connectivity index (χ3v) is 7.01. The monoisotopic (exact) mass is 732 g/mol. The standard InChI is InChI=1S/2C12H12N2O3.C7H10N2.C5H6O5/c2*15-11-7-6-10(12(16)17)13-14(11)8-9-4-2-1-3-5-9;8-9-6-7-4-2-1-3-5-7;6-3(5(9)10)1-2-4(7)8/h2*1-5H,6-8H2,(H,16,17);1-5,9H,6,8H2;1-2H2,(H,7,8)(H,9,10). The molecule has 0 spiro atoms. The molecule has 53 heavy (non-hydrogen) atoms. The fourth-order valence-corrected chi connectivity index (χ4v) is 4.31. The van der Waals surface area contributed by atoms with E-state index in [1.165, 1.54) is 15.6 Å². The molecule has 17 heteroatoms. The molecule has 7 N–H and O–H groups in total. The molecular formula is C36H40N6O11. The normalized spacial score (nSPS) is 13.3. The van der Waals surface area contributed by atoms with Crippen LogP contribution >= 0.6 is 0 Å². The second kappa shape index (κ2) is 23.0. The molecule has 5 rings (SSSR count). The number of nitrogens with two attached hydrogens (primary N) is 1. The summed E-state index contributed by atoms with van der Waals surface area (Å²) >= 11 is 0. The van der Waals surface area contributed by atoms with Gasteiger partial charge in [0, 0.05) is 38.6 Å². The summed E-state index contributed by atoms with van der Waals surface area (Å²) in [7, 11) is 0. The van der Waals surface area contributed by atoms with Crippen molar-refractivity contribution in [3.05, 3.63) is 108 Å². The van der Waals surface area contributed by atoms with E-state index in [-0.39, 0.29) is 48.9 Å². The van der Waals surface area contributed by atoms with Gasteiger partial charge in [-0.1, -0.05) is 91.0 Å². The van der Waals surface area contributed by atoms with Gasteiger partial charge in [0.05, 0.1) is 19.5 Å². The third kappa shape index (κ3) is 16.8. The van der Waals surface area contributed by atoms with E-state index in [9.17, 15) is 33.6 Å². The van der Waals surface area contributed by atoms with E-state index in [1.54, 1.807) is 0 Å². The van der Waals surface area contributed by atoms with E-state index in [0.29, 0.717) is 13.1 Å². The van der Waals surface area contributed by atoms with Gasteiger partial charge in [-0.3, -0.25) is 30.4 Å². The van der Waals surface area contributed by atoms with Crippen LogP contribution in [0.5, 0.6) is 0 Å². The highest BCUT2D eigenvalue weighted by Crippen LogP contribution is 2.15. The Labute approximate surface area is 304 Å². The van der Waals surface area contributed by atoms with Crippen molar-refractivity contribution in [1.29, 1.82) is 0 Å². The van der Waals surface area contributed by atoms with Gasteiger partial charge in [0.25, 0.3) is 0 Å². The minimum Gasteiger partial charge on any atom is -0.481 e. The molecule has 0 radical (unpaired) electrons. The summed E-state index contributed by atoms with van der Waals surface area (Å²) in [6, 6.07) is 28.7. The SMILES string of the molecule is NNCc1ccccc1.O=C(O)C1=NN(Cc2ccccc2)C(=O)CC1.O=C(O)C1=NN(Cc2ccccc2)C(=O)CC1.O=C(O)CCC(=O)C(=O)O. The lowest BCUT2D eigenvalue weighted by atomic mass is 10.1. The smallest absolute Gasteiger partial charge is 0.372 e. The Bertz CT molecular complexity index is 1680. The zero-order valence-corrected chi connectivity index (χ0v) is 28.5. The lowest BCUT2D eigenvalue weighted by Crippen LogP contribution is -2.33. The quantitative estimate of drug-likeness (QED) is 0.0889. The molecule has 2 aliphatic rings. The van der Waals surface area contributed by atoms with Crippen LogP contribution in [0.4, 0.5) is 0 Å². The molecule has 0 aromatic heterocycles. The molecule has 2 heterocycles. The average Bonchev–Trinajstić information content (AvgIpc) is 3.14. The number of carboxylic acid groups (broad SMARTS) is 4. The molecule has 0 unspecified atom stereocenters. The van der Waals surface area contributed by atoms with Crippen molar-refractivity contribution in [2.75, 3.05) is 0 Å². The first-order valence-electron chi connectivity index (χ1n) is 16.1. The molecular weight excluding hydrogens is 692 g/mol. The number of carboxylic acids is 4. The van der Waals surface area contributed by atoms with Crippen molar-refractivity contribution in [2.45, 2.75) is 58.2 Å². The summed E-state index contributed by atoms with van der Waals surface area (Å²) in [4.78, 5) is 74.5. The van der Waals surface area contributed by atoms with Gasteiger partial charge in [-0.25, -0.2) is 24.4 Å². The van der Waals surface area contributed by atoms with Crippen LogP contribution in [0.15, 0.2) is 101 Å². The summed E-state index contributed by atoms with van der Waals surface area (Å²) in [5.41, 5.74) is 5.73. The van der Waals surface area contributed by atoms with Gasteiger partial charge in [0.2, 0.25) is 17.6 Å². The maximum absolute atomic E-state index is 11.6. The number of aliphatic carboxylic acids is 4. The van der Waals surface area contributed by atoms with E-state index >= 15 is 0 Å². The minimum atomic E-state index is -1.58. The molecule has 0 bridgehead atoms. The lowest BCUT2D eigenvalue weighted by molar-refractivity contribution is -0.150. The number of hydrogen-bond donors (Lipinski definition) is 6. The number of rotatable bonds is 12. The van der Waals surface area contributed by atoms with Crippen LogP contribution in [-0.2, 0) is 53.2 Å². The van der Waals surface area contributed by atoms with Crippen LogP contribution in [-0.4, -0.2) is 83.3 Å². The molecule has 17 nitrogen and oxygen atoms in total. The number of hydrazine groups is 1. The van der Waals surface area contributed by atoms with Crippen molar-refractivity contribution in [3.8, 4) is 0 Å². The van der Waals surface area contributed by atoms with Gasteiger partial charge in [0.1, 0.15) is 11.4 Å². The highest BCUT2D eigenvalue weighted by atomic mass is 16.4. The van der Waals surface area contributed by atoms with Gasteiger partial charge in [0.15, 0.2) is 0 Å². The summed E-state index contributed by atoms with van der Waals surface area (Å²) < 4.78 is 0. The number of carbonyl (C=O) groups excluding carboxylic acids is 3. The first-order valence-corrected chi connectivity index (χ1v) is 16.1. The Balaban J connectivity index is 0.000000254. The maximum Gasteiger partial charge on any atom is 0.372 e. The van der Waals surface area contributed by atoms with Crippen LogP contribution in [0.25, 0.3) is 0 Å². The predicted octanol–water partition coefficient (Wildman–Crippen LogP) is 2.65. The number of hydrogen-bond acceptors (Lipinski definition) is 11. The lowest BCUT2D eigenvalue weighted by Gasteiger charge is -2.22. The topological polar surface area (TPSA) is 270 Å². The number of nitrogens with one attached hydrogen (secondary N) is 1. The molecule has 0 saturated heterocycles. The average molecular weight is 733 g/mol. The van der Waals surface area contributed by atoms with Crippen molar-refractivity contribution in [1.82, 2.24) is 15.4 Å². The van der Waals surface area contributed by atoms with Gasteiger partial charge in [-0.05, 0) is 16.7 Å². The first-order chi connectivity index (χ1) is 25.3. The van der Waals surface area contributed by atoms with E-state index in [1.807, 2.05) is 91.0 Å². The number of hydrazone groups is 2. The molecule has 280 valence electrons. The molecule has 2 amide bonds. The molecule has 3 aromatic rings. The molecule has 3 aromatic carbocycles. The molecule has 0 fully saturated rings. The van der Waals surface area contributed by atoms with Gasteiger partial charge in [-0.2, -0.15) is 10.2 Å². The number of benzene rings is 3. The predicted molar refractivity (Wildman–Crippen MR) is 190 cm³/mol. The van der Waals surface area contributed by atoms with Gasteiger partial charge < -0.3 is 20.4 Å². The molecule has 0 aliphatic carbocycles. The Kier molecular flexibility index (Phi) is 18.5. The molecule has 0 saturated carbocycles. The summed E-state index contributed by atoms with van der Waals surface area (Å²) in [6.45, 7) is 1.37. The van der Waals surface area contributed by atoms with Crippen molar-refractivity contribution >= 4 is 52.9 Å². The second-order valence-electron chi connectivity index (χ2n) is 11.1. The van der Waals surface area contributed by atoms with Gasteiger partial charge >= 0.3 is 23.9 Å². The Hall–Kier alpha value is -6.59. The number of Topliss-reactive ketones (excluding diaryl/α,β-unsaturated/α-hetero) is 1. The third-order valence-electron chi connectivity index (χ3n) is 7.01. The number of amides is 2. The Morgan fingerprint density at radius 3 is 1.28 bits per heavy atom. The van der Waals surface area contributed by atoms with Crippen LogP contribution in [0.3, 0.4) is 0 Å². The highest BCUT2D eigenvalue weighted by molar-refractivity contribution is 6.36. The van der Waals surface area contributed by atoms with Crippen LogP contribution < -0.4 is 11.3 Å². The van der Waals surface area contributed by atoms with E-state index in [4.69, 9.17) is 26.3 Å². The van der Waals surface area contributed by atoms with Crippen LogP contribution in [0.1, 0.15) is 55.2 Å². The van der Waals surface area contributed by atoms with Gasteiger partial charge in [-0.15, -0.1) is 0 Å². The maximum atomic E-state index is 11.6. The van der Waals surface area contributed by atoms with Crippen molar-refractivity contribution in [3.63, 3.8) is 0 Å². The van der Waals surface area contributed by atoms with Crippen LogP contribution in [0, 0.1) is 0 Å². The number of ketones is 1. The molecule has 2 aliphatic heterocycles. The second-order valence-corrected chi connectivity index (χ2v) is 11.1. The van der Waals surface area contributed by atoms with E-state index in [0.717, 1.165) is 17.7 Å². The van der Waals surface area contributed by atoms with E-state index < -0.39 is 42.5 Å². The van der Waals surface area contributed by atoms with E-state index in [2.05, 4.69) is 15.6 Å². The number of carbonyl (C=O) groups is 7. The zero-order valence-electron chi connectivity index (χ0n) is 28.5. The Morgan fingerprint density at radius 1 is 0.585 bits per heavy atom.